The molecule has 0 aliphatic rings. The predicted molar refractivity (Wildman–Crippen MR) is 184 cm³/mol. The average molecular weight is 732 g/mol. The molecular formula is C34H34BrCl2N3O4S. The summed E-state index contributed by atoms with van der Waals surface area (Å²) in [5.74, 6) is -0.894. The number of anilines is 1. The van der Waals surface area contributed by atoms with Crippen LogP contribution in [0.5, 0.6) is 0 Å². The van der Waals surface area contributed by atoms with E-state index in [1.54, 1.807) is 18.2 Å². The summed E-state index contributed by atoms with van der Waals surface area (Å²) in [7, 11) is -4.24. The molecule has 2 atom stereocenters. The fourth-order valence-electron chi connectivity index (χ4n) is 4.67. The second-order valence-corrected chi connectivity index (χ2v) is 14.2. The number of rotatable bonds is 13. The first-order valence-corrected chi connectivity index (χ1v) is 17.4. The summed E-state index contributed by atoms with van der Waals surface area (Å²) in [4.78, 5) is 29.8. The molecule has 0 aliphatic carbocycles. The number of nitrogens with one attached hydrogen (secondary N) is 1. The first-order valence-electron chi connectivity index (χ1n) is 14.4. The Balaban J connectivity index is 1.81. The molecule has 0 aliphatic heterocycles. The molecule has 0 fully saturated rings. The number of carbonyl (C=O) groups is 2. The van der Waals surface area contributed by atoms with Crippen molar-refractivity contribution in [2.45, 2.75) is 50.2 Å². The molecule has 4 rings (SSSR count). The van der Waals surface area contributed by atoms with Crippen LogP contribution in [0.3, 0.4) is 0 Å². The minimum absolute atomic E-state index is 0.00122. The smallest absolute Gasteiger partial charge is 0.264 e. The maximum absolute atomic E-state index is 14.5. The van der Waals surface area contributed by atoms with E-state index in [1.165, 1.54) is 35.2 Å². The van der Waals surface area contributed by atoms with Crippen LogP contribution in [0.1, 0.15) is 31.4 Å². The maximum Gasteiger partial charge on any atom is 0.264 e. The molecule has 0 saturated heterocycles. The number of nitrogens with zero attached hydrogens (tertiary/aromatic N) is 2. The van der Waals surface area contributed by atoms with Gasteiger partial charge in [-0.1, -0.05) is 107 Å². The van der Waals surface area contributed by atoms with Gasteiger partial charge in [0.05, 0.1) is 20.6 Å². The van der Waals surface area contributed by atoms with Gasteiger partial charge in [-0.2, -0.15) is 0 Å². The normalized spacial score (nSPS) is 12.6. The Morgan fingerprint density at radius 2 is 1.47 bits per heavy atom. The number of hydrogen-bond acceptors (Lipinski definition) is 4. The highest BCUT2D eigenvalue weighted by molar-refractivity contribution is 9.10. The molecule has 0 radical (unpaired) electrons. The van der Waals surface area contributed by atoms with Crippen molar-refractivity contribution in [3.05, 3.63) is 129 Å². The van der Waals surface area contributed by atoms with E-state index in [1.807, 2.05) is 68.4 Å². The summed E-state index contributed by atoms with van der Waals surface area (Å²) in [6.45, 7) is 3.34. The van der Waals surface area contributed by atoms with Crippen molar-refractivity contribution in [2.24, 2.45) is 0 Å². The van der Waals surface area contributed by atoms with E-state index in [9.17, 15) is 18.0 Å². The maximum atomic E-state index is 14.5. The fourth-order valence-corrected chi connectivity index (χ4v) is 6.65. The van der Waals surface area contributed by atoms with Gasteiger partial charge in [-0.15, -0.1) is 0 Å². The molecule has 0 heterocycles. The van der Waals surface area contributed by atoms with Crippen molar-refractivity contribution in [3.63, 3.8) is 0 Å². The number of halogens is 3. The zero-order chi connectivity index (χ0) is 32.6. The van der Waals surface area contributed by atoms with Crippen molar-refractivity contribution >= 4 is 66.7 Å². The summed E-state index contributed by atoms with van der Waals surface area (Å²) < 4.78 is 30.0. The summed E-state index contributed by atoms with van der Waals surface area (Å²) >= 11 is 15.9. The second kappa shape index (κ2) is 15.8. The van der Waals surface area contributed by atoms with E-state index >= 15 is 0 Å². The van der Waals surface area contributed by atoms with Crippen LogP contribution in [-0.2, 0) is 32.6 Å². The van der Waals surface area contributed by atoms with Gasteiger partial charge in [0.1, 0.15) is 12.6 Å². The van der Waals surface area contributed by atoms with E-state index < -0.39 is 28.5 Å². The van der Waals surface area contributed by atoms with Crippen molar-refractivity contribution in [2.75, 3.05) is 10.8 Å². The van der Waals surface area contributed by atoms with Crippen LogP contribution in [0.15, 0.2) is 112 Å². The molecular weight excluding hydrogens is 697 g/mol. The molecule has 7 nitrogen and oxygen atoms in total. The SMILES string of the molecule is CC[C@H](C)NC(=O)[C@H](Cc1ccccc1)N(Cc1ccc(Br)cc1)C(=O)CN(c1ccc(Cl)c(Cl)c1)S(=O)(=O)c1ccccc1. The minimum Gasteiger partial charge on any atom is -0.352 e. The first kappa shape index (κ1) is 34.5. The Kier molecular flexibility index (Phi) is 12.1. The van der Waals surface area contributed by atoms with Crippen molar-refractivity contribution in [1.29, 1.82) is 0 Å². The molecule has 2 amide bonds. The van der Waals surface area contributed by atoms with E-state index in [2.05, 4.69) is 21.2 Å². The molecule has 0 unspecified atom stereocenters. The molecule has 45 heavy (non-hydrogen) atoms. The Labute approximate surface area is 283 Å². The van der Waals surface area contributed by atoms with Crippen LogP contribution in [0.2, 0.25) is 10.0 Å². The Bertz CT molecular complexity index is 1710. The Hall–Kier alpha value is -3.37. The fraction of sp³-hybridized carbons (Fsp3) is 0.235. The third-order valence-electron chi connectivity index (χ3n) is 7.34. The number of sulfonamides is 1. The highest BCUT2D eigenvalue weighted by atomic mass is 79.9. The van der Waals surface area contributed by atoms with Gasteiger partial charge in [0.25, 0.3) is 10.0 Å². The average Bonchev–Trinajstić information content (AvgIpc) is 3.04. The molecule has 4 aromatic carbocycles. The molecule has 0 spiro atoms. The van der Waals surface area contributed by atoms with Crippen LogP contribution in [0.4, 0.5) is 5.69 Å². The van der Waals surface area contributed by atoms with Gasteiger partial charge in [0.2, 0.25) is 11.8 Å². The van der Waals surface area contributed by atoms with Gasteiger partial charge < -0.3 is 10.2 Å². The minimum atomic E-state index is -4.24. The molecule has 1 N–H and O–H groups in total. The predicted octanol–water partition coefficient (Wildman–Crippen LogP) is 7.51. The van der Waals surface area contributed by atoms with Gasteiger partial charge >= 0.3 is 0 Å². The highest BCUT2D eigenvalue weighted by Crippen LogP contribution is 2.31. The van der Waals surface area contributed by atoms with Crippen LogP contribution >= 0.6 is 39.1 Å². The van der Waals surface area contributed by atoms with Gasteiger partial charge in [-0.3, -0.25) is 13.9 Å². The van der Waals surface area contributed by atoms with Crippen molar-refractivity contribution in [1.82, 2.24) is 10.2 Å². The molecule has 0 bridgehead atoms. The first-order chi connectivity index (χ1) is 21.5. The van der Waals surface area contributed by atoms with Crippen LogP contribution < -0.4 is 9.62 Å². The number of carbonyl (C=O) groups excluding carboxylic acids is 2. The van der Waals surface area contributed by atoms with Crippen LogP contribution in [-0.4, -0.2) is 43.8 Å². The zero-order valence-electron chi connectivity index (χ0n) is 24.9. The monoisotopic (exact) mass is 729 g/mol. The van der Waals surface area contributed by atoms with Crippen molar-refractivity contribution < 1.29 is 18.0 Å². The van der Waals surface area contributed by atoms with E-state index in [-0.39, 0.29) is 45.5 Å². The lowest BCUT2D eigenvalue weighted by Gasteiger charge is -2.34. The summed E-state index contributed by atoms with van der Waals surface area (Å²) in [6.07, 6.45) is 0.925. The Morgan fingerprint density at radius 3 is 2.07 bits per heavy atom. The van der Waals surface area contributed by atoms with E-state index in [0.29, 0.717) is 6.42 Å². The molecule has 4 aromatic rings. The molecule has 0 saturated carbocycles. The summed E-state index contributed by atoms with van der Waals surface area (Å²) in [5.41, 5.74) is 1.79. The number of benzene rings is 4. The molecule has 236 valence electrons. The topological polar surface area (TPSA) is 86.8 Å². The third kappa shape index (κ3) is 9.10. The lowest BCUT2D eigenvalue weighted by Crippen LogP contribution is -2.54. The summed E-state index contributed by atoms with van der Waals surface area (Å²) in [5, 5.41) is 3.41. The molecule has 0 aromatic heterocycles. The Morgan fingerprint density at radius 1 is 0.844 bits per heavy atom. The van der Waals surface area contributed by atoms with Gasteiger partial charge in [0.15, 0.2) is 0 Å². The van der Waals surface area contributed by atoms with Gasteiger partial charge in [0, 0.05) is 23.5 Å². The lowest BCUT2D eigenvalue weighted by atomic mass is 10.0. The van der Waals surface area contributed by atoms with E-state index in [4.69, 9.17) is 23.2 Å². The van der Waals surface area contributed by atoms with Gasteiger partial charge in [-0.25, -0.2) is 8.42 Å². The van der Waals surface area contributed by atoms with E-state index in [0.717, 1.165) is 19.9 Å². The van der Waals surface area contributed by atoms with Crippen LogP contribution in [0, 0.1) is 0 Å². The van der Waals surface area contributed by atoms with Crippen LogP contribution in [0.25, 0.3) is 0 Å². The summed E-state index contributed by atoms with van der Waals surface area (Å²) in [6, 6.07) is 28.0. The second-order valence-electron chi connectivity index (χ2n) is 10.6. The highest BCUT2D eigenvalue weighted by Gasteiger charge is 2.35. The third-order valence-corrected chi connectivity index (χ3v) is 10.4. The number of amides is 2. The zero-order valence-corrected chi connectivity index (χ0v) is 28.8. The standard InChI is InChI=1S/C34H34BrCl2N3O4S/c1-3-24(2)38-34(42)32(20-25-10-6-4-7-11-25)39(22-26-14-16-27(35)17-15-26)33(41)23-40(28-18-19-30(36)31(37)21-28)45(43,44)29-12-8-5-9-13-29/h4-19,21,24,32H,3,20,22-23H2,1-2H3,(H,38,42)/t24-,32-/m0/s1. The number of hydrogen-bond donors (Lipinski definition) is 1. The van der Waals surface area contributed by atoms with Gasteiger partial charge in [-0.05, 0) is 66.9 Å². The van der Waals surface area contributed by atoms with Crippen molar-refractivity contribution in [3.8, 4) is 0 Å². The largest absolute Gasteiger partial charge is 0.352 e. The molecule has 11 heteroatoms. The quantitative estimate of drug-likeness (QED) is 0.154. The lowest BCUT2D eigenvalue weighted by molar-refractivity contribution is -0.140.